The van der Waals surface area contributed by atoms with E-state index < -0.39 is 5.91 Å². The van der Waals surface area contributed by atoms with Gasteiger partial charge in [-0.15, -0.1) is 5.10 Å². The number of nitrogens with zero attached hydrogens (tertiary/aromatic N) is 4. The Hall–Kier alpha value is -3.36. The van der Waals surface area contributed by atoms with E-state index in [9.17, 15) is 4.79 Å². The van der Waals surface area contributed by atoms with Gasteiger partial charge in [0.15, 0.2) is 5.69 Å². The maximum Gasteiger partial charge on any atom is 0.322 e. The Morgan fingerprint density at radius 2 is 2.04 bits per heavy atom. The van der Waals surface area contributed by atoms with Gasteiger partial charge in [0, 0.05) is 12.2 Å². The molecule has 3 rings (SSSR count). The van der Waals surface area contributed by atoms with Crippen molar-refractivity contribution in [3.05, 3.63) is 35.7 Å². The molecule has 0 bridgehead atoms. The molecule has 1 aromatic carbocycles. The van der Waals surface area contributed by atoms with Crippen LogP contribution in [-0.2, 0) is 6.54 Å². The van der Waals surface area contributed by atoms with E-state index in [0.29, 0.717) is 23.6 Å². The van der Waals surface area contributed by atoms with Gasteiger partial charge < -0.3 is 13.9 Å². The number of benzene rings is 1. The van der Waals surface area contributed by atoms with Crippen molar-refractivity contribution in [3.8, 4) is 23.0 Å². The van der Waals surface area contributed by atoms with Crippen molar-refractivity contribution >= 4 is 11.9 Å². The lowest BCUT2D eigenvalue weighted by atomic mass is 10.2. The van der Waals surface area contributed by atoms with E-state index in [0.717, 1.165) is 5.69 Å². The summed E-state index contributed by atoms with van der Waals surface area (Å²) in [5, 5.41) is 14.6. The van der Waals surface area contributed by atoms with Crippen LogP contribution in [0.2, 0.25) is 0 Å². The summed E-state index contributed by atoms with van der Waals surface area (Å²) in [6.07, 6.45) is 0. The molecule has 3 aromatic rings. The number of rotatable bonds is 6. The SMILES string of the molecule is CCn1nc(C(=O)Nc2nnc(-c3cc(OC)ccc3OC)o2)cc1C. The summed E-state index contributed by atoms with van der Waals surface area (Å²) in [5.41, 5.74) is 1.74. The lowest BCUT2D eigenvalue weighted by molar-refractivity contribution is 0.101. The Morgan fingerprint density at radius 1 is 1.23 bits per heavy atom. The fraction of sp³-hybridized carbons (Fsp3) is 0.294. The van der Waals surface area contributed by atoms with Gasteiger partial charge in [0.25, 0.3) is 11.8 Å². The Bertz CT molecular complexity index is 931. The lowest BCUT2D eigenvalue weighted by Gasteiger charge is -2.07. The normalized spacial score (nSPS) is 10.6. The molecule has 1 amide bonds. The molecule has 0 aliphatic heterocycles. The van der Waals surface area contributed by atoms with Gasteiger partial charge in [0.05, 0.1) is 19.8 Å². The predicted octanol–water partition coefficient (Wildman–Crippen LogP) is 2.53. The van der Waals surface area contributed by atoms with Crippen LogP contribution in [0.3, 0.4) is 0 Å². The number of aryl methyl sites for hydroxylation is 2. The number of aromatic nitrogens is 4. The summed E-state index contributed by atoms with van der Waals surface area (Å²) < 4.78 is 17.8. The quantitative estimate of drug-likeness (QED) is 0.723. The van der Waals surface area contributed by atoms with Crippen LogP contribution in [0.1, 0.15) is 23.1 Å². The number of ether oxygens (including phenoxy) is 2. The summed E-state index contributed by atoms with van der Waals surface area (Å²) in [5.74, 6) is 0.939. The third-order valence-corrected chi connectivity index (χ3v) is 3.80. The topological polar surface area (TPSA) is 104 Å². The number of anilines is 1. The van der Waals surface area contributed by atoms with Gasteiger partial charge in [0.2, 0.25) is 0 Å². The van der Waals surface area contributed by atoms with Gasteiger partial charge in [-0.1, -0.05) is 5.10 Å². The van der Waals surface area contributed by atoms with Crippen LogP contribution >= 0.6 is 0 Å². The van der Waals surface area contributed by atoms with Crippen molar-refractivity contribution in [2.75, 3.05) is 19.5 Å². The van der Waals surface area contributed by atoms with Crippen LogP contribution in [0.4, 0.5) is 6.01 Å². The smallest absolute Gasteiger partial charge is 0.322 e. The largest absolute Gasteiger partial charge is 0.497 e. The zero-order chi connectivity index (χ0) is 18.7. The molecule has 0 fully saturated rings. The standard InChI is InChI=1S/C17H19N5O4/c1-5-22-10(2)8-13(21-22)15(23)18-17-20-19-16(26-17)12-9-11(24-3)6-7-14(12)25-4/h6-9H,5H2,1-4H3,(H,18,20,23). The maximum absolute atomic E-state index is 12.3. The second-order valence-electron chi connectivity index (χ2n) is 5.42. The van der Waals surface area contributed by atoms with Crippen molar-refractivity contribution in [2.45, 2.75) is 20.4 Å². The minimum Gasteiger partial charge on any atom is -0.497 e. The van der Waals surface area contributed by atoms with E-state index in [1.165, 1.54) is 7.11 Å². The van der Waals surface area contributed by atoms with Crippen LogP contribution < -0.4 is 14.8 Å². The molecule has 0 saturated heterocycles. The molecule has 0 radical (unpaired) electrons. The molecule has 1 N–H and O–H groups in total. The maximum atomic E-state index is 12.3. The van der Waals surface area contributed by atoms with Crippen LogP contribution in [0.15, 0.2) is 28.7 Å². The first-order valence-corrected chi connectivity index (χ1v) is 7.97. The summed E-state index contributed by atoms with van der Waals surface area (Å²) in [7, 11) is 3.10. The summed E-state index contributed by atoms with van der Waals surface area (Å²) in [6, 6.07) is 6.87. The fourth-order valence-corrected chi connectivity index (χ4v) is 2.47. The zero-order valence-corrected chi connectivity index (χ0v) is 14.9. The Balaban J connectivity index is 1.83. The van der Waals surface area contributed by atoms with Crippen LogP contribution in [-0.4, -0.2) is 40.1 Å². The van der Waals surface area contributed by atoms with Crippen LogP contribution in [0.5, 0.6) is 11.5 Å². The average Bonchev–Trinajstić information content (AvgIpc) is 3.27. The molecule has 0 aliphatic rings. The first kappa shape index (κ1) is 17.5. The highest BCUT2D eigenvalue weighted by molar-refractivity contribution is 6.01. The van der Waals surface area contributed by atoms with Crippen molar-refractivity contribution in [1.29, 1.82) is 0 Å². The Kier molecular flexibility index (Phi) is 4.87. The highest BCUT2D eigenvalue weighted by Gasteiger charge is 2.18. The number of carbonyl (C=O) groups excluding carboxylic acids is 1. The molecular weight excluding hydrogens is 338 g/mol. The third kappa shape index (κ3) is 3.37. The second kappa shape index (κ2) is 7.26. The highest BCUT2D eigenvalue weighted by Crippen LogP contribution is 2.33. The van der Waals surface area contributed by atoms with E-state index in [1.807, 2.05) is 13.8 Å². The zero-order valence-electron chi connectivity index (χ0n) is 14.9. The number of hydrogen-bond donors (Lipinski definition) is 1. The Morgan fingerprint density at radius 3 is 2.69 bits per heavy atom. The number of carbonyl (C=O) groups is 1. The molecular formula is C17H19N5O4. The molecule has 9 heteroatoms. The van der Waals surface area contributed by atoms with E-state index in [1.54, 1.807) is 36.1 Å². The van der Waals surface area contributed by atoms with Gasteiger partial charge in [-0.3, -0.25) is 14.8 Å². The van der Waals surface area contributed by atoms with Crippen molar-refractivity contribution in [2.24, 2.45) is 0 Å². The van der Waals surface area contributed by atoms with E-state index in [2.05, 4.69) is 20.6 Å². The molecule has 0 atom stereocenters. The number of methoxy groups -OCH3 is 2. The first-order chi connectivity index (χ1) is 12.5. The monoisotopic (exact) mass is 357 g/mol. The molecule has 2 heterocycles. The molecule has 9 nitrogen and oxygen atoms in total. The minimum atomic E-state index is -0.423. The molecule has 0 unspecified atom stereocenters. The number of amides is 1. The first-order valence-electron chi connectivity index (χ1n) is 7.97. The fourth-order valence-electron chi connectivity index (χ4n) is 2.47. The highest BCUT2D eigenvalue weighted by atomic mass is 16.5. The molecule has 0 saturated carbocycles. The third-order valence-electron chi connectivity index (χ3n) is 3.80. The average molecular weight is 357 g/mol. The van der Waals surface area contributed by atoms with Crippen molar-refractivity contribution in [1.82, 2.24) is 20.0 Å². The van der Waals surface area contributed by atoms with Gasteiger partial charge in [-0.05, 0) is 38.1 Å². The van der Waals surface area contributed by atoms with E-state index >= 15 is 0 Å². The van der Waals surface area contributed by atoms with E-state index in [-0.39, 0.29) is 17.6 Å². The molecule has 0 spiro atoms. The van der Waals surface area contributed by atoms with Gasteiger partial charge in [-0.2, -0.15) is 5.10 Å². The van der Waals surface area contributed by atoms with Gasteiger partial charge in [-0.25, -0.2) is 0 Å². The second-order valence-corrected chi connectivity index (χ2v) is 5.42. The summed E-state index contributed by atoms with van der Waals surface area (Å²) in [6.45, 7) is 4.51. The van der Waals surface area contributed by atoms with Gasteiger partial charge >= 0.3 is 6.01 Å². The van der Waals surface area contributed by atoms with Gasteiger partial charge in [0.1, 0.15) is 11.5 Å². The van der Waals surface area contributed by atoms with Crippen molar-refractivity contribution < 1.29 is 18.7 Å². The molecule has 2 aromatic heterocycles. The molecule has 136 valence electrons. The summed E-state index contributed by atoms with van der Waals surface area (Å²) >= 11 is 0. The predicted molar refractivity (Wildman–Crippen MR) is 93.4 cm³/mol. The van der Waals surface area contributed by atoms with Crippen molar-refractivity contribution in [3.63, 3.8) is 0 Å². The van der Waals surface area contributed by atoms with Crippen LogP contribution in [0.25, 0.3) is 11.5 Å². The number of hydrogen-bond acceptors (Lipinski definition) is 7. The summed E-state index contributed by atoms with van der Waals surface area (Å²) in [4.78, 5) is 12.3. The van der Waals surface area contributed by atoms with Crippen LogP contribution in [0, 0.1) is 6.92 Å². The lowest BCUT2D eigenvalue weighted by Crippen LogP contribution is -2.13. The molecule has 0 aliphatic carbocycles. The Labute approximate surface area is 149 Å². The number of nitrogens with one attached hydrogen (secondary N) is 1. The molecule has 26 heavy (non-hydrogen) atoms. The minimum absolute atomic E-state index is 0.0291. The van der Waals surface area contributed by atoms with E-state index in [4.69, 9.17) is 13.9 Å².